The molecule has 0 aromatic heterocycles. The van der Waals surface area contributed by atoms with Crippen LogP contribution in [-0.4, -0.2) is 35.8 Å². The van der Waals surface area contributed by atoms with Gasteiger partial charge in [-0.1, -0.05) is 37.3 Å². The van der Waals surface area contributed by atoms with E-state index in [-0.39, 0.29) is 17.9 Å². The Balaban J connectivity index is 1.58. The number of carbonyl (C=O) groups excluding carboxylic acids is 2. The largest absolute Gasteiger partial charge is 0.335 e. The van der Waals surface area contributed by atoms with Crippen LogP contribution in [0.4, 0.5) is 5.69 Å². The number of likely N-dealkylation sites (tertiary alicyclic amines) is 1. The van der Waals surface area contributed by atoms with Gasteiger partial charge < -0.3 is 9.80 Å². The molecule has 2 aliphatic heterocycles. The van der Waals surface area contributed by atoms with Gasteiger partial charge in [0.15, 0.2) is 0 Å². The molecule has 0 N–H and O–H groups in total. The maximum Gasteiger partial charge on any atom is 0.254 e. The highest BCUT2D eigenvalue weighted by Gasteiger charge is 2.35. The van der Waals surface area contributed by atoms with Crippen molar-refractivity contribution in [2.45, 2.75) is 51.5 Å². The molecule has 2 atom stereocenters. The maximum atomic E-state index is 13.4. The van der Waals surface area contributed by atoms with Crippen LogP contribution < -0.4 is 4.90 Å². The van der Waals surface area contributed by atoms with Crippen LogP contribution in [0, 0.1) is 0 Å². The summed E-state index contributed by atoms with van der Waals surface area (Å²) in [5, 5.41) is 0. The van der Waals surface area contributed by atoms with Crippen LogP contribution in [-0.2, 0) is 11.2 Å². The van der Waals surface area contributed by atoms with Crippen molar-refractivity contribution in [3.63, 3.8) is 0 Å². The first-order valence-electron chi connectivity index (χ1n) is 10.4. The fourth-order valence-corrected chi connectivity index (χ4v) is 4.92. The summed E-state index contributed by atoms with van der Waals surface area (Å²) in [4.78, 5) is 29.0. The lowest BCUT2D eigenvalue weighted by molar-refractivity contribution is -0.116. The number of benzene rings is 2. The summed E-state index contributed by atoms with van der Waals surface area (Å²) in [6, 6.07) is 16.7. The predicted octanol–water partition coefficient (Wildman–Crippen LogP) is 4.39. The van der Waals surface area contributed by atoms with E-state index in [2.05, 4.69) is 36.1 Å². The van der Waals surface area contributed by atoms with E-state index in [0.717, 1.165) is 49.0 Å². The lowest BCUT2D eigenvalue weighted by Gasteiger charge is -2.32. The van der Waals surface area contributed by atoms with Gasteiger partial charge in [0.05, 0.1) is 0 Å². The molecule has 2 aromatic rings. The molecular formula is C24H28N2O2. The van der Waals surface area contributed by atoms with E-state index in [1.54, 1.807) is 11.8 Å². The average Bonchev–Trinajstić information content (AvgIpc) is 3.35. The van der Waals surface area contributed by atoms with Gasteiger partial charge in [-0.05, 0) is 55.0 Å². The molecule has 0 spiro atoms. The van der Waals surface area contributed by atoms with Gasteiger partial charge in [-0.15, -0.1) is 0 Å². The van der Waals surface area contributed by atoms with Crippen molar-refractivity contribution in [2.24, 2.45) is 0 Å². The lowest BCUT2D eigenvalue weighted by atomic mass is 9.87. The quantitative estimate of drug-likeness (QED) is 0.794. The summed E-state index contributed by atoms with van der Waals surface area (Å²) in [6.45, 7) is 5.34. The third-order valence-corrected chi connectivity index (χ3v) is 6.29. The Morgan fingerprint density at radius 2 is 1.89 bits per heavy atom. The average molecular weight is 377 g/mol. The first-order valence-corrected chi connectivity index (χ1v) is 10.4. The highest BCUT2D eigenvalue weighted by molar-refractivity contribution is 5.98. The van der Waals surface area contributed by atoms with Gasteiger partial charge in [0.1, 0.15) is 0 Å². The van der Waals surface area contributed by atoms with Gasteiger partial charge in [-0.25, -0.2) is 0 Å². The number of nitrogens with zero attached hydrogens (tertiary/aromatic N) is 2. The van der Waals surface area contributed by atoms with E-state index in [4.69, 9.17) is 0 Å². The Morgan fingerprint density at radius 3 is 2.61 bits per heavy atom. The number of anilines is 1. The van der Waals surface area contributed by atoms with Crippen molar-refractivity contribution in [3.05, 3.63) is 65.2 Å². The Kier molecular flexibility index (Phi) is 5.21. The van der Waals surface area contributed by atoms with Crippen LogP contribution in [0.3, 0.4) is 0 Å². The molecule has 0 aliphatic carbocycles. The molecule has 0 unspecified atom stereocenters. The van der Waals surface area contributed by atoms with E-state index in [1.165, 1.54) is 5.56 Å². The summed E-state index contributed by atoms with van der Waals surface area (Å²) in [5.74, 6) is 0.558. The molecule has 0 saturated carbocycles. The standard InChI is InChI=1S/C24H28N2O2/c1-3-21(18-8-5-4-6-9-18)23-10-7-14-26(23)24(28)20-11-12-22-19(16-20)13-15-25(22)17(2)27/h4-6,8-9,11-12,16,21,23H,3,7,10,13-15H2,1-2H3/t21-,23-/m1/s1. The van der Waals surface area contributed by atoms with E-state index >= 15 is 0 Å². The van der Waals surface area contributed by atoms with Crippen molar-refractivity contribution < 1.29 is 9.59 Å². The molecule has 2 aromatic carbocycles. The van der Waals surface area contributed by atoms with Gasteiger partial charge in [0, 0.05) is 43.2 Å². The van der Waals surface area contributed by atoms with Crippen LogP contribution in [0.1, 0.15) is 60.5 Å². The molecule has 4 heteroatoms. The zero-order chi connectivity index (χ0) is 19.7. The molecule has 0 bridgehead atoms. The second kappa shape index (κ2) is 7.78. The second-order valence-electron chi connectivity index (χ2n) is 7.90. The zero-order valence-electron chi connectivity index (χ0n) is 16.7. The van der Waals surface area contributed by atoms with Crippen molar-refractivity contribution >= 4 is 17.5 Å². The number of carbonyl (C=O) groups is 2. The molecule has 0 radical (unpaired) electrons. The van der Waals surface area contributed by atoms with Crippen LogP contribution in [0.15, 0.2) is 48.5 Å². The van der Waals surface area contributed by atoms with Crippen molar-refractivity contribution in [2.75, 3.05) is 18.0 Å². The van der Waals surface area contributed by atoms with Crippen LogP contribution >= 0.6 is 0 Å². The van der Waals surface area contributed by atoms with Gasteiger partial charge in [-0.3, -0.25) is 9.59 Å². The predicted molar refractivity (Wildman–Crippen MR) is 112 cm³/mol. The minimum atomic E-state index is 0.0612. The Bertz CT molecular complexity index is 877. The molecule has 28 heavy (non-hydrogen) atoms. The summed E-state index contributed by atoms with van der Waals surface area (Å²) < 4.78 is 0. The van der Waals surface area contributed by atoms with E-state index < -0.39 is 0 Å². The number of rotatable bonds is 4. The van der Waals surface area contributed by atoms with Crippen molar-refractivity contribution in [1.82, 2.24) is 4.90 Å². The van der Waals surface area contributed by atoms with Gasteiger partial charge in [0.2, 0.25) is 5.91 Å². The molecule has 4 rings (SSSR count). The molecule has 146 valence electrons. The SMILES string of the molecule is CC[C@H](c1ccccc1)[C@H]1CCCN1C(=O)c1ccc2c(c1)CCN2C(C)=O. The fourth-order valence-electron chi connectivity index (χ4n) is 4.92. The van der Waals surface area contributed by atoms with E-state index in [9.17, 15) is 9.59 Å². The van der Waals surface area contributed by atoms with E-state index in [0.29, 0.717) is 12.5 Å². The van der Waals surface area contributed by atoms with Gasteiger partial charge >= 0.3 is 0 Å². The Labute approximate surface area is 167 Å². The summed E-state index contributed by atoms with van der Waals surface area (Å²) >= 11 is 0. The Morgan fingerprint density at radius 1 is 1.11 bits per heavy atom. The topological polar surface area (TPSA) is 40.6 Å². The third-order valence-electron chi connectivity index (χ3n) is 6.29. The van der Waals surface area contributed by atoms with Crippen molar-refractivity contribution in [1.29, 1.82) is 0 Å². The van der Waals surface area contributed by atoms with Gasteiger partial charge in [0.25, 0.3) is 5.91 Å². The summed E-state index contributed by atoms with van der Waals surface area (Å²) in [5.41, 5.74) is 4.13. The van der Waals surface area contributed by atoms with Gasteiger partial charge in [-0.2, -0.15) is 0 Å². The first kappa shape index (κ1) is 18.7. The first-order chi connectivity index (χ1) is 13.6. The van der Waals surface area contributed by atoms with E-state index in [1.807, 2.05) is 24.3 Å². The summed E-state index contributed by atoms with van der Waals surface area (Å²) in [6.07, 6.45) is 3.96. The molecule has 4 nitrogen and oxygen atoms in total. The third kappa shape index (κ3) is 3.32. The van der Waals surface area contributed by atoms with Crippen LogP contribution in [0.5, 0.6) is 0 Å². The minimum Gasteiger partial charge on any atom is -0.335 e. The molecule has 2 amide bonds. The minimum absolute atomic E-state index is 0.0612. The highest BCUT2D eigenvalue weighted by atomic mass is 16.2. The Hall–Kier alpha value is -2.62. The smallest absolute Gasteiger partial charge is 0.254 e. The number of hydrogen-bond donors (Lipinski definition) is 0. The molecular weight excluding hydrogens is 348 g/mol. The number of hydrogen-bond acceptors (Lipinski definition) is 2. The van der Waals surface area contributed by atoms with Crippen LogP contribution in [0.25, 0.3) is 0 Å². The fraction of sp³-hybridized carbons (Fsp3) is 0.417. The molecule has 1 saturated heterocycles. The number of fused-ring (bicyclic) bond motifs is 1. The second-order valence-corrected chi connectivity index (χ2v) is 7.90. The molecule has 2 heterocycles. The molecule has 1 fully saturated rings. The monoisotopic (exact) mass is 376 g/mol. The summed E-state index contributed by atoms with van der Waals surface area (Å²) in [7, 11) is 0. The normalized spacial score (nSPS) is 19.6. The molecule has 2 aliphatic rings. The zero-order valence-corrected chi connectivity index (χ0v) is 16.7. The number of amides is 2. The lowest BCUT2D eigenvalue weighted by Crippen LogP contribution is -2.39. The van der Waals surface area contributed by atoms with Crippen LogP contribution in [0.2, 0.25) is 0 Å². The maximum absolute atomic E-state index is 13.4. The highest BCUT2D eigenvalue weighted by Crippen LogP contribution is 2.35. The van der Waals surface area contributed by atoms with Crippen molar-refractivity contribution in [3.8, 4) is 0 Å².